The zero-order valence-electron chi connectivity index (χ0n) is 12.0. The number of amides is 2. The molecule has 1 rings (SSSR count). The smallest absolute Gasteiger partial charge is 0.325 e. The van der Waals surface area contributed by atoms with Gasteiger partial charge in [0, 0.05) is 18.8 Å². The second-order valence-corrected chi connectivity index (χ2v) is 4.51. The van der Waals surface area contributed by atoms with Crippen molar-refractivity contribution in [3.05, 3.63) is 36.9 Å². The Hall–Kier alpha value is -2.50. The molecule has 0 unspecified atom stereocenters. The predicted octanol–water partition coefficient (Wildman–Crippen LogP) is 2.30. The van der Waals surface area contributed by atoms with E-state index in [2.05, 4.69) is 6.58 Å². The Kier molecular flexibility index (Phi) is 6.26. The number of anilines is 1. The minimum absolute atomic E-state index is 0.0537. The summed E-state index contributed by atoms with van der Waals surface area (Å²) < 4.78 is 0. The molecule has 1 aromatic carbocycles. The Labute approximate surface area is 123 Å². The van der Waals surface area contributed by atoms with Crippen molar-refractivity contribution >= 4 is 17.7 Å². The first-order valence-corrected chi connectivity index (χ1v) is 6.67. The molecular formula is C15H20N2O4. The van der Waals surface area contributed by atoms with Gasteiger partial charge in [-0.2, -0.15) is 0 Å². The van der Waals surface area contributed by atoms with Gasteiger partial charge < -0.3 is 15.1 Å². The highest BCUT2D eigenvalue weighted by Gasteiger charge is 2.23. The number of aliphatic carboxylic acids is 1. The summed E-state index contributed by atoms with van der Waals surface area (Å²) in [6, 6.07) is 5.44. The summed E-state index contributed by atoms with van der Waals surface area (Å²) in [5.74, 6) is -1.05. The van der Waals surface area contributed by atoms with E-state index in [9.17, 15) is 14.7 Å². The van der Waals surface area contributed by atoms with Crippen LogP contribution in [0.1, 0.15) is 13.3 Å². The van der Waals surface area contributed by atoms with Gasteiger partial charge in [-0.3, -0.25) is 9.69 Å². The normalized spacial score (nSPS) is 9.95. The van der Waals surface area contributed by atoms with E-state index in [-0.39, 0.29) is 5.75 Å². The average molecular weight is 292 g/mol. The number of nitrogens with zero attached hydrogens (tertiary/aromatic N) is 2. The molecular weight excluding hydrogens is 272 g/mol. The maximum Gasteiger partial charge on any atom is 0.325 e. The minimum atomic E-state index is -1.11. The summed E-state index contributed by atoms with van der Waals surface area (Å²) in [6.07, 6.45) is 2.36. The lowest BCUT2D eigenvalue weighted by Crippen LogP contribution is -2.46. The highest BCUT2D eigenvalue weighted by atomic mass is 16.4. The van der Waals surface area contributed by atoms with Gasteiger partial charge in [-0.15, -0.1) is 6.58 Å². The van der Waals surface area contributed by atoms with Gasteiger partial charge in [0.25, 0.3) is 0 Å². The van der Waals surface area contributed by atoms with Gasteiger partial charge >= 0.3 is 12.0 Å². The van der Waals surface area contributed by atoms with Crippen LogP contribution in [0.3, 0.4) is 0 Å². The van der Waals surface area contributed by atoms with E-state index in [0.717, 1.165) is 6.42 Å². The maximum atomic E-state index is 12.5. The van der Waals surface area contributed by atoms with Crippen LogP contribution < -0.4 is 4.90 Å². The summed E-state index contributed by atoms with van der Waals surface area (Å²) in [5, 5.41) is 18.3. The van der Waals surface area contributed by atoms with Crippen LogP contribution in [0, 0.1) is 0 Å². The zero-order valence-corrected chi connectivity index (χ0v) is 12.0. The zero-order chi connectivity index (χ0) is 15.8. The molecule has 0 spiro atoms. The molecule has 2 amide bonds. The molecule has 0 aliphatic rings. The number of phenolic OH excluding ortho intramolecular Hbond substituents is 1. The first-order valence-electron chi connectivity index (χ1n) is 6.67. The standard InChI is InChI=1S/C15H20N2O4/c1-3-9-16(10-4-2)15(21)17(11-14(19)20)12-5-7-13(18)8-6-12/h3,5-8,18H,1,4,9-11H2,2H3,(H,19,20). The summed E-state index contributed by atoms with van der Waals surface area (Å²) in [6.45, 7) is 5.96. The van der Waals surface area contributed by atoms with E-state index in [1.807, 2.05) is 6.92 Å². The third-order valence-corrected chi connectivity index (χ3v) is 2.80. The van der Waals surface area contributed by atoms with Gasteiger partial charge in [-0.25, -0.2) is 4.79 Å². The number of carbonyl (C=O) groups is 2. The minimum Gasteiger partial charge on any atom is -0.508 e. The van der Waals surface area contributed by atoms with Gasteiger partial charge in [-0.05, 0) is 30.7 Å². The molecule has 0 aliphatic carbocycles. The molecule has 0 heterocycles. The maximum absolute atomic E-state index is 12.5. The molecule has 0 saturated carbocycles. The molecule has 0 fully saturated rings. The third kappa shape index (κ3) is 4.83. The van der Waals surface area contributed by atoms with E-state index < -0.39 is 18.5 Å². The molecule has 0 aliphatic heterocycles. The van der Waals surface area contributed by atoms with Crippen molar-refractivity contribution in [3.63, 3.8) is 0 Å². The number of carboxylic acid groups (broad SMARTS) is 1. The van der Waals surface area contributed by atoms with Gasteiger partial charge in [0.15, 0.2) is 0 Å². The Morgan fingerprint density at radius 1 is 1.29 bits per heavy atom. The van der Waals surface area contributed by atoms with Crippen molar-refractivity contribution < 1.29 is 19.8 Å². The van der Waals surface area contributed by atoms with Crippen LogP contribution in [-0.2, 0) is 4.79 Å². The number of hydrogen-bond acceptors (Lipinski definition) is 3. The number of phenols is 1. The van der Waals surface area contributed by atoms with Crippen LogP contribution in [0.2, 0.25) is 0 Å². The van der Waals surface area contributed by atoms with E-state index in [0.29, 0.717) is 18.8 Å². The van der Waals surface area contributed by atoms with E-state index >= 15 is 0 Å². The molecule has 0 radical (unpaired) electrons. The summed E-state index contributed by atoms with van der Waals surface area (Å²) in [4.78, 5) is 26.2. The Morgan fingerprint density at radius 2 is 1.90 bits per heavy atom. The molecule has 6 heteroatoms. The number of urea groups is 1. The predicted molar refractivity (Wildman–Crippen MR) is 80.5 cm³/mol. The monoisotopic (exact) mass is 292 g/mol. The fourth-order valence-corrected chi connectivity index (χ4v) is 1.90. The van der Waals surface area contributed by atoms with Crippen molar-refractivity contribution in [2.24, 2.45) is 0 Å². The molecule has 0 bridgehead atoms. The summed E-state index contributed by atoms with van der Waals surface area (Å²) in [7, 11) is 0. The molecule has 0 atom stereocenters. The van der Waals surface area contributed by atoms with Gasteiger partial charge in [0.05, 0.1) is 0 Å². The second kappa shape index (κ2) is 7.94. The van der Waals surface area contributed by atoms with Crippen molar-refractivity contribution in [1.29, 1.82) is 0 Å². The number of carbonyl (C=O) groups excluding carboxylic acids is 1. The molecule has 6 nitrogen and oxygen atoms in total. The topological polar surface area (TPSA) is 81.1 Å². The molecule has 0 saturated heterocycles. The van der Waals surface area contributed by atoms with Crippen LogP contribution in [0.4, 0.5) is 10.5 Å². The number of aromatic hydroxyl groups is 1. The lowest BCUT2D eigenvalue weighted by atomic mass is 10.2. The van der Waals surface area contributed by atoms with Crippen LogP contribution in [0.25, 0.3) is 0 Å². The van der Waals surface area contributed by atoms with Crippen LogP contribution in [0.5, 0.6) is 5.75 Å². The third-order valence-electron chi connectivity index (χ3n) is 2.80. The number of rotatable bonds is 7. The molecule has 114 valence electrons. The van der Waals surface area contributed by atoms with Crippen LogP contribution in [0.15, 0.2) is 36.9 Å². The van der Waals surface area contributed by atoms with E-state index in [4.69, 9.17) is 5.11 Å². The largest absolute Gasteiger partial charge is 0.508 e. The fraction of sp³-hybridized carbons (Fsp3) is 0.333. The number of carboxylic acids is 1. The molecule has 1 aromatic rings. The Morgan fingerprint density at radius 3 is 2.38 bits per heavy atom. The number of hydrogen-bond donors (Lipinski definition) is 2. The lowest BCUT2D eigenvalue weighted by molar-refractivity contribution is -0.135. The van der Waals surface area contributed by atoms with Gasteiger partial charge in [0.2, 0.25) is 0 Å². The van der Waals surface area contributed by atoms with Gasteiger partial charge in [-0.1, -0.05) is 13.0 Å². The average Bonchev–Trinajstić information content (AvgIpc) is 2.45. The van der Waals surface area contributed by atoms with Crippen molar-refractivity contribution in [1.82, 2.24) is 4.90 Å². The summed E-state index contributed by atoms with van der Waals surface area (Å²) >= 11 is 0. The van der Waals surface area contributed by atoms with Crippen molar-refractivity contribution in [3.8, 4) is 5.75 Å². The Bertz CT molecular complexity index is 499. The first kappa shape index (κ1) is 16.6. The Balaban J connectivity index is 3.04. The SMILES string of the molecule is C=CCN(CCC)C(=O)N(CC(=O)O)c1ccc(O)cc1. The first-order chi connectivity index (χ1) is 9.99. The van der Waals surface area contributed by atoms with E-state index in [1.54, 1.807) is 6.08 Å². The van der Waals surface area contributed by atoms with Crippen molar-refractivity contribution in [2.45, 2.75) is 13.3 Å². The van der Waals surface area contributed by atoms with Crippen molar-refractivity contribution in [2.75, 3.05) is 24.5 Å². The summed E-state index contributed by atoms with van der Waals surface area (Å²) in [5.41, 5.74) is 0.422. The highest BCUT2D eigenvalue weighted by molar-refractivity contribution is 5.96. The molecule has 2 N–H and O–H groups in total. The van der Waals surface area contributed by atoms with Gasteiger partial charge in [0.1, 0.15) is 12.3 Å². The van der Waals surface area contributed by atoms with E-state index in [1.165, 1.54) is 34.1 Å². The fourth-order valence-electron chi connectivity index (χ4n) is 1.90. The molecule has 21 heavy (non-hydrogen) atoms. The lowest BCUT2D eigenvalue weighted by Gasteiger charge is -2.29. The second-order valence-electron chi connectivity index (χ2n) is 4.51. The van der Waals surface area contributed by atoms with Crippen LogP contribution >= 0.6 is 0 Å². The highest BCUT2D eigenvalue weighted by Crippen LogP contribution is 2.20. The number of benzene rings is 1. The quantitative estimate of drug-likeness (QED) is 0.756. The molecule has 0 aromatic heterocycles. The van der Waals surface area contributed by atoms with Crippen LogP contribution in [-0.4, -0.2) is 46.7 Å².